The van der Waals surface area contributed by atoms with Gasteiger partial charge in [-0.05, 0) is 49.2 Å². The lowest BCUT2D eigenvalue weighted by atomic mass is 9.96. The summed E-state index contributed by atoms with van der Waals surface area (Å²) in [5.41, 5.74) is 4.62. The predicted octanol–water partition coefficient (Wildman–Crippen LogP) is 5.04. The largest absolute Gasteiger partial charge is 0.465 e. The number of carboxylic acid groups (broad SMARTS) is 1. The molecule has 0 spiro atoms. The molecule has 1 fully saturated rings. The molecule has 10 nitrogen and oxygen atoms in total. The highest BCUT2D eigenvalue weighted by molar-refractivity contribution is 6.30. The minimum absolute atomic E-state index is 0.0774. The number of pyridine rings is 2. The van der Waals surface area contributed by atoms with Crippen molar-refractivity contribution in [2.75, 3.05) is 42.9 Å². The zero-order chi connectivity index (χ0) is 28.9. The Labute approximate surface area is 243 Å². The van der Waals surface area contributed by atoms with E-state index in [1.807, 2.05) is 49.3 Å². The molecule has 0 saturated carbocycles. The molecule has 214 valence electrons. The molecule has 1 atom stereocenters. The quantitative estimate of drug-likeness (QED) is 0.256. The number of hydrogen-bond acceptors (Lipinski definition) is 6. The first-order chi connectivity index (χ1) is 19.8. The minimum atomic E-state index is -1.04. The van der Waals surface area contributed by atoms with E-state index < -0.39 is 12.0 Å². The van der Waals surface area contributed by atoms with Crippen molar-refractivity contribution < 1.29 is 14.7 Å². The van der Waals surface area contributed by atoms with Gasteiger partial charge >= 0.3 is 6.09 Å². The van der Waals surface area contributed by atoms with Crippen LogP contribution in [0.4, 0.5) is 16.2 Å². The molecule has 1 aliphatic rings. The van der Waals surface area contributed by atoms with Gasteiger partial charge in [0.05, 0.1) is 22.7 Å². The van der Waals surface area contributed by atoms with Crippen LogP contribution in [0.3, 0.4) is 0 Å². The summed E-state index contributed by atoms with van der Waals surface area (Å²) in [5, 5.41) is 14.9. The van der Waals surface area contributed by atoms with Crippen molar-refractivity contribution in [3.05, 3.63) is 83.4 Å². The van der Waals surface area contributed by atoms with E-state index in [9.17, 15) is 14.7 Å². The first-order valence-electron chi connectivity index (χ1n) is 13.7. The average molecular weight is 576 g/mol. The molecule has 0 bridgehead atoms. The SMILES string of the molecule is CC(C)N(CC(C(=O)N1CCN(c2ccnc3[nH]cc(NCc4cccnc4)c23)CC1)c1ccc(Cl)cc1)C(=O)O. The molecule has 1 saturated heterocycles. The van der Waals surface area contributed by atoms with Gasteiger partial charge in [0.25, 0.3) is 0 Å². The molecule has 4 heterocycles. The molecule has 5 rings (SSSR count). The molecular weight excluding hydrogens is 542 g/mol. The number of aromatic nitrogens is 3. The van der Waals surface area contributed by atoms with Gasteiger partial charge in [-0.15, -0.1) is 0 Å². The third-order valence-corrected chi connectivity index (χ3v) is 7.76. The van der Waals surface area contributed by atoms with E-state index in [-0.39, 0.29) is 18.5 Å². The summed E-state index contributed by atoms with van der Waals surface area (Å²) in [6.45, 7) is 6.64. The van der Waals surface area contributed by atoms with Crippen LogP contribution in [0.25, 0.3) is 11.0 Å². The summed E-state index contributed by atoms with van der Waals surface area (Å²) in [7, 11) is 0. The number of carbonyl (C=O) groups is 2. The van der Waals surface area contributed by atoms with Crippen LogP contribution in [0, 0.1) is 0 Å². The number of amides is 2. The summed E-state index contributed by atoms with van der Waals surface area (Å²) in [6.07, 6.45) is 6.27. The normalized spacial score (nSPS) is 14.3. The number of hydrogen-bond donors (Lipinski definition) is 3. The maximum absolute atomic E-state index is 13.9. The molecule has 1 aliphatic heterocycles. The molecule has 2 amide bonds. The van der Waals surface area contributed by atoms with Gasteiger partial charge in [0.15, 0.2) is 0 Å². The minimum Gasteiger partial charge on any atom is -0.465 e. The number of benzene rings is 1. The highest BCUT2D eigenvalue weighted by atomic mass is 35.5. The van der Waals surface area contributed by atoms with Crippen LogP contribution in [0.5, 0.6) is 0 Å². The van der Waals surface area contributed by atoms with Crippen molar-refractivity contribution in [1.82, 2.24) is 24.8 Å². The van der Waals surface area contributed by atoms with Crippen molar-refractivity contribution in [2.45, 2.75) is 32.4 Å². The fourth-order valence-electron chi connectivity index (χ4n) is 5.26. The van der Waals surface area contributed by atoms with E-state index in [0.717, 1.165) is 33.5 Å². The predicted molar refractivity (Wildman–Crippen MR) is 161 cm³/mol. The number of nitrogens with one attached hydrogen (secondary N) is 2. The van der Waals surface area contributed by atoms with Crippen molar-refractivity contribution in [1.29, 1.82) is 0 Å². The standard InChI is InChI=1S/C30H34ClN7O3/c1-20(2)38(30(40)41)19-24(22-5-7-23(31)8-6-22)29(39)37-14-12-36(13-15-37)26-9-11-33-28-27(26)25(18-35-28)34-17-21-4-3-10-32-16-21/h3-11,16,18,20,24,34H,12-15,17,19H2,1-2H3,(H,33,35)(H,40,41). The van der Waals surface area contributed by atoms with Gasteiger partial charge in [-0.2, -0.15) is 0 Å². The maximum Gasteiger partial charge on any atom is 0.407 e. The molecule has 1 unspecified atom stereocenters. The van der Waals surface area contributed by atoms with Crippen molar-refractivity contribution in [3.63, 3.8) is 0 Å². The van der Waals surface area contributed by atoms with Gasteiger partial charge < -0.3 is 30.1 Å². The number of fused-ring (bicyclic) bond motifs is 1. The van der Waals surface area contributed by atoms with Crippen molar-refractivity contribution in [3.8, 4) is 0 Å². The molecule has 11 heteroatoms. The van der Waals surface area contributed by atoms with E-state index in [1.54, 1.807) is 36.7 Å². The highest BCUT2D eigenvalue weighted by Gasteiger charge is 2.32. The van der Waals surface area contributed by atoms with Crippen LogP contribution in [-0.4, -0.2) is 80.6 Å². The van der Waals surface area contributed by atoms with Crippen molar-refractivity contribution >= 4 is 46.0 Å². The Kier molecular flexibility index (Phi) is 8.58. The van der Waals surface area contributed by atoms with Crippen LogP contribution >= 0.6 is 11.6 Å². The van der Waals surface area contributed by atoms with Crippen LogP contribution in [0.2, 0.25) is 5.02 Å². The van der Waals surface area contributed by atoms with Gasteiger partial charge in [-0.3, -0.25) is 9.78 Å². The number of halogens is 1. The number of rotatable bonds is 9. The monoisotopic (exact) mass is 575 g/mol. The first-order valence-corrected chi connectivity index (χ1v) is 14.1. The molecule has 0 aliphatic carbocycles. The second-order valence-electron chi connectivity index (χ2n) is 10.4. The Hall–Kier alpha value is -4.31. The van der Waals surface area contributed by atoms with Gasteiger partial charge in [0, 0.05) is 75.1 Å². The zero-order valence-corrected chi connectivity index (χ0v) is 23.9. The average Bonchev–Trinajstić information content (AvgIpc) is 3.40. The summed E-state index contributed by atoms with van der Waals surface area (Å²) < 4.78 is 0. The van der Waals surface area contributed by atoms with Crippen LogP contribution < -0.4 is 10.2 Å². The fourth-order valence-corrected chi connectivity index (χ4v) is 5.38. The number of carbonyl (C=O) groups excluding carboxylic acids is 1. The Morgan fingerprint density at radius 3 is 2.51 bits per heavy atom. The Bertz CT molecular complexity index is 1490. The van der Waals surface area contributed by atoms with E-state index in [0.29, 0.717) is 37.7 Å². The molecule has 3 aromatic heterocycles. The highest BCUT2D eigenvalue weighted by Crippen LogP contribution is 2.33. The summed E-state index contributed by atoms with van der Waals surface area (Å²) in [6, 6.07) is 12.8. The van der Waals surface area contributed by atoms with Gasteiger partial charge in [-0.1, -0.05) is 29.8 Å². The molecule has 0 radical (unpaired) electrons. The molecular formula is C30H34ClN7O3. The Balaban J connectivity index is 1.32. The third kappa shape index (κ3) is 6.38. The van der Waals surface area contributed by atoms with E-state index in [4.69, 9.17) is 11.6 Å². The summed E-state index contributed by atoms with van der Waals surface area (Å²) in [4.78, 5) is 43.2. The maximum atomic E-state index is 13.9. The summed E-state index contributed by atoms with van der Waals surface area (Å²) in [5.74, 6) is -0.711. The number of H-pyrrole nitrogens is 1. The lowest BCUT2D eigenvalue weighted by Crippen LogP contribution is -2.52. The number of nitrogens with zero attached hydrogens (tertiary/aromatic N) is 5. The van der Waals surface area contributed by atoms with E-state index >= 15 is 0 Å². The third-order valence-electron chi connectivity index (χ3n) is 7.51. The van der Waals surface area contributed by atoms with Crippen LogP contribution in [0.15, 0.2) is 67.3 Å². The molecule has 4 aromatic rings. The second-order valence-corrected chi connectivity index (χ2v) is 10.9. The summed E-state index contributed by atoms with van der Waals surface area (Å²) >= 11 is 6.10. The van der Waals surface area contributed by atoms with Gasteiger partial charge in [-0.25, -0.2) is 9.78 Å². The molecule has 41 heavy (non-hydrogen) atoms. The molecule has 3 N–H and O–H groups in total. The fraction of sp³-hybridized carbons (Fsp3) is 0.333. The number of aromatic amines is 1. The number of piperazine rings is 1. The van der Waals surface area contributed by atoms with Gasteiger partial charge in [0.1, 0.15) is 5.65 Å². The Morgan fingerprint density at radius 2 is 1.85 bits per heavy atom. The van der Waals surface area contributed by atoms with Crippen LogP contribution in [-0.2, 0) is 11.3 Å². The van der Waals surface area contributed by atoms with Gasteiger partial charge in [0.2, 0.25) is 5.91 Å². The van der Waals surface area contributed by atoms with Crippen molar-refractivity contribution in [2.24, 2.45) is 0 Å². The zero-order valence-electron chi connectivity index (χ0n) is 23.1. The second kappa shape index (κ2) is 12.5. The lowest BCUT2D eigenvalue weighted by Gasteiger charge is -2.39. The van der Waals surface area contributed by atoms with Crippen LogP contribution in [0.1, 0.15) is 30.9 Å². The molecule has 1 aromatic carbocycles. The Morgan fingerprint density at radius 1 is 1.10 bits per heavy atom. The lowest BCUT2D eigenvalue weighted by molar-refractivity contribution is -0.133. The van der Waals surface area contributed by atoms with E-state index in [2.05, 4.69) is 25.2 Å². The topological polar surface area (TPSA) is 118 Å². The smallest absolute Gasteiger partial charge is 0.407 e. The first kappa shape index (κ1) is 28.2. The number of anilines is 2. The van der Waals surface area contributed by atoms with E-state index in [1.165, 1.54) is 4.90 Å².